The highest BCUT2D eigenvalue weighted by Gasteiger charge is 2.30. The lowest BCUT2D eigenvalue weighted by Gasteiger charge is -2.37. The number of rotatable bonds is 2. The number of hydrogen-bond acceptors (Lipinski definition) is 4. The van der Waals surface area contributed by atoms with E-state index in [9.17, 15) is 9.59 Å². The van der Waals surface area contributed by atoms with Crippen molar-refractivity contribution in [3.63, 3.8) is 0 Å². The summed E-state index contributed by atoms with van der Waals surface area (Å²) in [5.74, 6) is 0.517. The largest absolute Gasteiger partial charge is 0.365 e. The Hall–Kier alpha value is -1.56. The Balaban J connectivity index is 1.63. The van der Waals surface area contributed by atoms with Crippen molar-refractivity contribution >= 4 is 23.2 Å². The van der Waals surface area contributed by atoms with E-state index in [-0.39, 0.29) is 16.5 Å². The Labute approximate surface area is 128 Å². The normalized spacial score (nSPS) is 20.0. The monoisotopic (exact) mass is 310 g/mol. The number of carbonyl (C=O) groups is 1. The second-order valence-electron chi connectivity index (χ2n) is 5.69. The smallest absolute Gasteiger partial charge is 0.285 e. The van der Waals surface area contributed by atoms with Crippen LogP contribution in [0.15, 0.2) is 11.0 Å². The van der Waals surface area contributed by atoms with Crippen LogP contribution in [0.25, 0.3) is 0 Å². The third-order valence-electron chi connectivity index (χ3n) is 4.41. The van der Waals surface area contributed by atoms with Gasteiger partial charge in [-0.25, -0.2) is 5.10 Å². The summed E-state index contributed by atoms with van der Waals surface area (Å²) in [7, 11) is 0. The van der Waals surface area contributed by atoms with E-state index in [0.29, 0.717) is 37.8 Å². The van der Waals surface area contributed by atoms with E-state index in [1.807, 2.05) is 9.80 Å². The van der Waals surface area contributed by atoms with Crippen molar-refractivity contribution in [2.24, 2.45) is 5.92 Å². The zero-order chi connectivity index (χ0) is 14.8. The van der Waals surface area contributed by atoms with Gasteiger partial charge in [0.2, 0.25) is 5.91 Å². The van der Waals surface area contributed by atoms with Crippen LogP contribution in [0.4, 0.5) is 5.69 Å². The average Bonchev–Trinajstić information content (AvgIpc) is 3.04. The highest BCUT2D eigenvalue weighted by atomic mass is 35.5. The van der Waals surface area contributed by atoms with Gasteiger partial charge in [-0.05, 0) is 12.8 Å². The lowest BCUT2D eigenvalue weighted by Crippen LogP contribution is -2.50. The van der Waals surface area contributed by atoms with E-state index < -0.39 is 0 Å². The van der Waals surface area contributed by atoms with Crippen LogP contribution in [0, 0.1) is 5.92 Å². The molecule has 0 atom stereocenters. The van der Waals surface area contributed by atoms with Crippen LogP contribution in [0.3, 0.4) is 0 Å². The maximum absolute atomic E-state index is 12.4. The van der Waals surface area contributed by atoms with Gasteiger partial charge in [-0.15, -0.1) is 0 Å². The third-order valence-corrected chi connectivity index (χ3v) is 4.78. The molecule has 1 saturated carbocycles. The SMILES string of the molecule is O=C(C1CCCC1)N1CCN(c2cn[nH]c(=O)c2Cl)CC1. The quantitative estimate of drug-likeness (QED) is 0.893. The van der Waals surface area contributed by atoms with Crippen LogP contribution in [-0.4, -0.2) is 47.2 Å². The zero-order valence-corrected chi connectivity index (χ0v) is 12.6. The molecule has 1 amide bonds. The fraction of sp³-hybridized carbons (Fsp3) is 0.643. The second kappa shape index (κ2) is 6.05. The first-order valence-corrected chi connectivity index (χ1v) is 7.81. The lowest BCUT2D eigenvalue weighted by atomic mass is 10.1. The van der Waals surface area contributed by atoms with Crippen molar-refractivity contribution in [1.82, 2.24) is 15.1 Å². The summed E-state index contributed by atoms with van der Waals surface area (Å²) in [6.07, 6.45) is 5.97. The molecular formula is C14H19ClN4O2. The Bertz CT molecular complexity index is 575. The van der Waals surface area contributed by atoms with Crippen LogP contribution in [0.2, 0.25) is 5.02 Å². The number of nitrogens with one attached hydrogen (secondary N) is 1. The van der Waals surface area contributed by atoms with E-state index in [0.717, 1.165) is 12.8 Å². The molecule has 0 radical (unpaired) electrons. The fourth-order valence-corrected chi connectivity index (χ4v) is 3.40. The van der Waals surface area contributed by atoms with Crippen molar-refractivity contribution in [3.05, 3.63) is 21.6 Å². The summed E-state index contributed by atoms with van der Waals surface area (Å²) in [4.78, 5) is 27.8. The molecule has 0 unspecified atom stereocenters. The number of aromatic nitrogens is 2. The number of amides is 1. The Morgan fingerprint density at radius 1 is 1.24 bits per heavy atom. The Morgan fingerprint density at radius 2 is 1.90 bits per heavy atom. The van der Waals surface area contributed by atoms with Crippen LogP contribution >= 0.6 is 11.6 Å². The number of piperazine rings is 1. The summed E-state index contributed by atoms with van der Waals surface area (Å²) < 4.78 is 0. The molecule has 1 N–H and O–H groups in total. The van der Waals surface area contributed by atoms with Crippen molar-refractivity contribution in [1.29, 1.82) is 0 Å². The molecule has 0 bridgehead atoms. The van der Waals surface area contributed by atoms with E-state index in [1.165, 1.54) is 12.8 Å². The summed E-state index contributed by atoms with van der Waals surface area (Å²) in [5.41, 5.74) is 0.270. The first-order chi connectivity index (χ1) is 10.2. The van der Waals surface area contributed by atoms with Gasteiger partial charge in [-0.3, -0.25) is 9.59 Å². The molecule has 7 heteroatoms. The Kier molecular flexibility index (Phi) is 4.14. The van der Waals surface area contributed by atoms with Gasteiger partial charge in [0.05, 0.1) is 11.9 Å². The first kappa shape index (κ1) is 14.4. The minimum Gasteiger partial charge on any atom is -0.365 e. The van der Waals surface area contributed by atoms with Gasteiger partial charge in [-0.2, -0.15) is 5.10 Å². The third kappa shape index (κ3) is 2.90. The highest BCUT2D eigenvalue weighted by Crippen LogP contribution is 2.28. The van der Waals surface area contributed by atoms with E-state index >= 15 is 0 Å². The molecule has 3 rings (SSSR count). The van der Waals surface area contributed by atoms with Crippen molar-refractivity contribution < 1.29 is 4.79 Å². The number of H-pyrrole nitrogens is 1. The van der Waals surface area contributed by atoms with E-state index in [1.54, 1.807) is 6.20 Å². The van der Waals surface area contributed by atoms with Crippen LogP contribution in [0.1, 0.15) is 25.7 Å². The number of anilines is 1. The minimum absolute atomic E-state index is 0.167. The molecule has 0 spiro atoms. The molecule has 1 aromatic heterocycles. The number of aromatic amines is 1. The van der Waals surface area contributed by atoms with Crippen LogP contribution in [0.5, 0.6) is 0 Å². The molecule has 1 aromatic rings. The molecule has 2 heterocycles. The minimum atomic E-state index is -0.376. The zero-order valence-electron chi connectivity index (χ0n) is 11.8. The standard InChI is InChI=1S/C14H19ClN4O2/c15-12-11(9-16-17-13(12)20)18-5-7-19(8-6-18)14(21)10-3-1-2-4-10/h9-10H,1-8H2,(H,17,20). The van der Waals surface area contributed by atoms with Crippen molar-refractivity contribution in [3.8, 4) is 0 Å². The Morgan fingerprint density at radius 3 is 2.57 bits per heavy atom. The predicted octanol–water partition coefficient (Wildman–Crippen LogP) is 1.26. The van der Waals surface area contributed by atoms with Gasteiger partial charge in [0.1, 0.15) is 5.02 Å². The summed E-state index contributed by atoms with van der Waals surface area (Å²) in [6, 6.07) is 0. The maximum atomic E-state index is 12.4. The number of nitrogens with zero attached hydrogens (tertiary/aromatic N) is 3. The predicted molar refractivity (Wildman–Crippen MR) is 80.6 cm³/mol. The first-order valence-electron chi connectivity index (χ1n) is 7.44. The van der Waals surface area contributed by atoms with Gasteiger partial charge in [0.15, 0.2) is 0 Å². The molecule has 1 aliphatic heterocycles. The maximum Gasteiger partial charge on any atom is 0.285 e. The molecule has 2 fully saturated rings. The summed E-state index contributed by atoms with van der Waals surface area (Å²) in [6.45, 7) is 2.73. The molecule has 6 nitrogen and oxygen atoms in total. The number of carbonyl (C=O) groups excluding carboxylic acids is 1. The van der Waals surface area contributed by atoms with E-state index in [4.69, 9.17) is 11.6 Å². The van der Waals surface area contributed by atoms with Crippen molar-refractivity contribution in [2.75, 3.05) is 31.1 Å². The van der Waals surface area contributed by atoms with Crippen molar-refractivity contribution in [2.45, 2.75) is 25.7 Å². The van der Waals surface area contributed by atoms with Crippen LogP contribution in [-0.2, 0) is 4.79 Å². The molecule has 1 saturated heterocycles. The number of halogens is 1. The number of hydrogen-bond donors (Lipinski definition) is 1. The fourth-order valence-electron chi connectivity index (χ4n) is 3.19. The summed E-state index contributed by atoms with van der Waals surface area (Å²) >= 11 is 6.02. The van der Waals surface area contributed by atoms with E-state index in [2.05, 4.69) is 10.2 Å². The average molecular weight is 311 g/mol. The van der Waals surface area contributed by atoms with Gasteiger partial charge in [-0.1, -0.05) is 24.4 Å². The molecule has 0 aromatic carbocycles. The molecular weight excluding hydrogens is 292 g/mol. The molecule has 114 valence electrons. The van der Waals surface area contributed by atoms with Gasteiger partial charge in [0.25, 0.3) is 5.56 Å². The molecule has 1 aliphatic carbocycles. The molecule has 2 aliphatic rings. The van der Waals surface area contributed by atoms with Gasteiger partial charge < -0.3 is 9.80 Å². The second-order valence-corrected chi connectivity index (χ2v) is 6.07. The van der Waals surface area contributed by atoms with Gasteiger partial charge in [0, 0.05) is 32.1 Å². The molecule has 21 heavy (non-hydrogen) atoms. The summed E-state index contributed by atoms with van der Waals surface area (Å²) in [5, 5.41) is 6.27. The van der Waals surface area contributed by atoms with Gasteiger partial charge >= 0.3 is 0 Å². The highest BCUT2D eigenvalue weighted by molar-refractivity contribution is 6.33. The topological polar surface area (TPSA) is 69.3 Å². The van der Waals surface area contributed by atoms with Crippen LogP contribution < -0.4 is 10.5 Å². The lowest BCUT2D eigenvalue weighted by molar-refractivity contribution is -0.135.